The summed E-state index contributed by atoms with van der Waals surface area (Å²) in [5.74, 6) is 0. The number of allylic oxidation sites excluding steroid dienone is 5. The van der Waals surface area contributed by atoms with Crippen molar-refractivity contribution in [1.82, 2.24) is 0 Å². The van der Waals surface area contributed by atoms with E-state index in [1.54, 1.807) is 6.08 Å². The zero-order valence-corrected chi connectivity index (χ0v) is 13.0. The molecule has 6 heteroatoms. The Morgan fingerprint density at radius 2 is 1.90 bits per heavy atom. The van der Waals surface area contributed by atoms with E-state index < -0.39 is 7.82 Å². The predicted octanol–water partition coefficient (Wildman–Crippen LogP) is 3.04. The van der Waals surface area contributed by atoms with Crippen LogP contribution in [0.4, 0.5) is 0 Å². The molecule has 0 aliphatic carbocycles. The van der Waals surface area contributed by atoms with Crippen LogP contribution >= 0.6 is 7.82 Å². The summed E-state index contributed by atoms with van der Waals surface area (Å²) >= 11 is 0. The molecule has 0 heterocycles. The van der Waals surface area contributed by atoms with Crippen molar-refractivity contribution >= 4 is 7.82 Å². The Kier molecular flexibility index (Phi) is 12.6. The summed E-state index contributed by atoms with van der Waals surface area (Å²) in [7, 11) is -4.25. The van der Waals surface area contributed by atoms with Crippen LogP contribution in [-0.4, -0.2) is 13.2 Å². The molecule has 20 heavy (non-hydrogen) atoms. The van der Waals surface area contributed by atoms with Gasteiger partial charge in [-0.3, -0.25) is 4.57 Å². The maximum Gasteiger partial charge on any atom is 0.319 e. The smallest absolute Gasteiger partial charge is 0.319 e. The van der Waals surface area contributed by atoms with Gasteiger partial charge in [-0.2, -0.15) is 0 Å². The fraction of sp³-hybridized carbons (Fsp3) is 0.571. The highest BCUT2D eigenvalue weighted by atomic mass is 31.2. The first-order valence-electron chi connectivity index (χ1n) is 6.94. The first-order valence-corrected chi connectivity index (χ1v) is 8.41. The molecular formula is C14H25NO4P-. The summed E-state index contributed by atoms with van der Waals surface area (Å²) < 4.78 is 20.0. The van der Waals surface area contributed by atoms with Gasteiger partial charge in [0.15, 0.2) is 0 Å². The van der Waals surface area contributed by atoms with Gasteiger partial charge in [-0.25, -0.2) is 0 Å². The third-order valence-electron chi connectivity index (χ3n) is 2.33. The van der Waals surface area contributed by atoms with E-state index in [4.69, 9.17) is 5.73 Å². The van der Waals surface area contributed by atoms with E-state index >= 15 is 0 Å². The molecule has 0 saturated heterocycles. The molecule has 0 rings (SSSR count). The fourth-order valence-corrected chi connectivity index (χ4v) is 1.95. The number of hydrogen-bond acceptors (Lipinski definition) is 5. The lowest BCUT2D eigenvalue weighted by molar-refractivity contribution is -0.220. The van der Waals surface area contributed by atoms with E-state index in [1.807, 2.05) is 12.2 Å². The molecule has 0 aromatic rings. The highest BCUT2D eigenvalue weighted by molar-refractivity contribution is 7.45. The van der Waals surface area contributed by atoms with Crippen molar-refractivity contribution in [2.75, 3.05) is 13.2 Å². The number of rotatable bonds is 12. The summed E-state index contributed by atoms with van der Waals surface area (Å²) in [4.78, 5) is 11.1. The number of hydrogen-bond donors (Lipinski definition) is 1. The minimum absolute atomic E-state index is 0.0781. The Hall–Kier alpha value is -0.870. The fourth-order valence-electron chi connectivity index (χ4n) is 1.34. The van der Waals surface area contributed by atoms with Gasteiger partial charge in [0, 0.05) is 6.54 Å². The molecule has 1 atom stereocenters. The molecule has 5 nitrogen and oxygen atoms in total. The quantitative estimate of drug-likeness (QED) is 0.259. The summed E-state index contributed by atoms with van der Waals surface area (Å²) in [5, 5.41) is 0. The number of phosphoric ester groups is 1. The summed E-state index contributed by atoms with van der Waals surface area (Å²) in [6.45, 7) is 2.24. The Bertz CT molecular complexity index is 353. The zero-order valence-electron chi connectivity index (χ0n) is 12.1. The second-order valence-corrected chi connectivity index (χ2v) is 5.53. The molecule has 0 aliphatic heterocycles. The van der Waals surface area contributed by atoms with Crippen molar-refractivity contribution in [3.63, 3.8) is 0 Å². The lowest BCUT2D eigenvalue weighted by atomic mass is 10.1. The summed E-state index contributed by atoms with van der Waals surface area (Å²) in [6, 6.07) is 0. The third-order valence-corrected chi connectivity index (χ3v) is 3.21. The van der Waals surface area contributed by atoms with E-state index in [0.29, 0.717) is 0 Å². The van der Waals surface area contributed by atoms with Crippen molar-refractivity contribution in [3.05, 3.63) is 36.6 Å². The molecule has 0 aliphatic rings. The summed E-state index contributed by atoms with van der Waals surface area (Å²) in [6.07, 6.45) is 16.1. The van der Waals surface area contributed by atoms with Gasteiger partial charge in [-0.1, -0.05) is 50.5 Å². The van der Waals surface area contributed by atoms with Crippen LogP contribution in [0.2, 0.25) is 0 Å². The van der Waals surface area contributed by atoms with Crippen molar-refractivity contribution in [3.8, 4) is 0 Å². The Balaban J connectivity index is 3.70. The van der Waals surface area contributed by atoms with Gasteiger partial charge in [0.25, 0.3) is 0 Å². The minimum Gasteiger partial charge on any atom is -0.746 e. The van der Waals surface area contributed by atoms with Crippen LogP contribution in [0.5, 0.6) is 0 Å². The largest absolute Gasteiger partial charge is 0.746 e. The SMILES string of the molecule is CCCCCCC=CC=CC=COP(=O)([O-])OCCN. The van der Waals surface area contributed by atoms with Crippen LogP contribution < -0.4 is 10.6 Å². The maximum atomic E-state index is 11.1. The zero-order chi connectivity index (χ0) is 15.1. The van der Waals surface area contributed by atoms with Gasteiger partial charge in [-0.15, -0.1) is 0 Å². The third kappa shape index (κ3) is 13.6. The molecular weight excluding hydrogens is 277 g/mol. The highest BCUT2D eigenvalue weighted by Gasteiger charge is 2.05. The Morgan fingerprint density at radius 1 is 1.15 bits per heavy atom. The molecule has 0 spiro atoms. The number of phosphoric acid groups is 1. The molecule has 0 fully saturated rings. The normalized spacial score (nSPS) is 15.3. The lowest BCUT2D eigenvalue weighted by Gasteiger charge is -2.20. The molecule has 0 bridgehead atoms. The number of unbranched alkanes of at least 4 members (excludes halogenated alkanes) is 4. The van der Waals surface area contributed by atoms with Gasteiger partial charge < -0.3 is 19.7 Å². The lowest BCUT2D eigenvalue weighted by Crippen LogP contribution is -2.12. The second kappa shape index (κ2) is 13.1. The minimum atomic E-state index is -4.25. The first-order chi connectivity index (χ1) is 9.62. The highest BCUT2D eigenvalue weighted by Crippen LogP contribution is 2.37. The van der Waals surface area contributed by atoms with E-state index in [9.17, 15) is 9.46 Å². The van der Waals surface area contributed by atoms with Crippen molar-refractivity contribution in [2.24, 2.45) is 5.73 Å². The van der Waals surface area contributed by atoms with Gasteiger partial charge in [0.2, 0.25) is 0 Å². The van der Waals surface area contributed by atoms with E-state index in [0.717, 1.165) is 12.7 Å². The summed E-state index contributed by atoms with van der Waals surface area (Å²) in [5.41, 5.74) is 5.12. The monoisotopic (exact) mass is 302 g/mol. The van der Waals surface area contributed by atoms with Gasteiger partial charge in [0.1, 0.15) is 0 Å². The molecule has 116 valence electrons. The standard InChI is InChI=1S/C14H26NO4P/c1-2-3-4-5-6-7-8-9-10-11-13-18-20(16,17)19-14-12-15/h7-11,13H,2-6,12,14-15H2,1H3,(H,16,17)/p-1. The molecule has 0 amide bonds. The topological polar surface area (TPSA) is 84.6 Å². The van der Waals surface area contributed by atoms with Crippen molar-refractivity contribution < 1.29 is 18.5 Å². The molecule has 0 aromatic carbocycles. The average Bonchev–Trinajstić information content (AvgIpc) is 2.42. The molecule has 0 aromatic heterocycles. The average molecular weight is 302 g/mol. The van der Waals surface area contributed by atoms with Crippen molar-refractivity contribution in [2.45, 2.75) is 39.0 Å². The maximum absolute atomic E-state index is 11.1. The van der Waals surface area contributed by atoms with Crippen LogP contribution in [0.15, 0.2) is 36.6 Å². The van der Waals surface area contributed by atoms with E-state index in [2.05, 4.69) is 22.0 Å². The molecule has 0 saturated carbocycles. The van der Waals surface area contributed by atoms with Crippen LogP contribution in [-0.2, 0) is 13.6 Å². The first kappa shape index (κ1) is 19.1. The van der Waals surface area contributed by atoms with E-state index in [-0.39, 0.29) is 13.2 Å². The van der Waals surface area contributed by atoms with Crippen LogP contribution in [0, 0.1) is 0 Å². The second-order valence-electron chi connectivity index (χ2n) is 4.17. The van der Waals surface area contributed by atoms with Crippen LogP contribution in [0.1, 0.15) is 39.0 Å². The van der Waals surface area contributed by atoms with E-state index in [1.165, 1.54) is 31.8 Å². The molecule has 0 radical (unpaired) electrons. The Labute approximate surface area is 121 Å². The van der Waals surface area contributed by atoms with Crippen molar-refractivity contribution in [1.29, 1.82) is 0 Å². The van der Waals surface area contributed by atoms with Crippen LogP contribution in [0.3, 0.4) is 0 Å². The molecule has 1 unspecified atom stereocenters. The van der Waals surface area contributed by atoms with Gasteiger partial charge in [-0.05, 0) is 18.9 Å². The van der Waals surface area contributed by atoms with Gasteiger partial charge >= 0.3 is 7.82 Å². The Morgan fingerprint density at radius 3 is 2.60 bits per heavy atom. The number of nitrogens with two attached hydrogens (primary N) is 1. The van der Waals surface area contributed by atoms with Gasteiger partial charge in [0.05, 0.1) is 12.9 Å². The van der Waals surface area contributed by atoms with Crippen LogP contribution in [0.25, 0.3) is 0 Å². The molecule has 2 N–H and O–H groups in total. The predicted molar refractivity (Wildman–Crippen MR) is 79.9 cm³/mol.